The van der Waals surface area contributed by atoms with Crippen molar-refractivity contribution in [3.63, 3.8) is 0 Å². The average Bonchev–Trinajstić information content (AvgIpc) is 2.96. The van der Waals surface area contributed by atoms with Crippen molar-refractivity contribution in [3.05, 3.63) is 41.0 Å². The molecule has 0 unspecified atom stereocenters. The molecule has 0 fully saturated rings. The molecule has 0 aliphatic heterocycles. The number of nitrogens with one attached hydrogen (secondary N) is 3. The lowest BCUT2D eigenvalue weighted by atomic mass is 9.92. The number of rotatable bonds is 8. The van der Waals surface area contributed by atoms with Crippen molar-refractivity contribution in [2.24, 2.45) is 0 Å². The van der Waals surface area contributed by atoms with Gasteiger partial charge in [-0.2, -0.15) is 0 Å². The maximum absolute atomic E-state index is 12.8. The predicted molar refractivity (Wildman–Crippen MR) is 127 cm³/mol. The van der Waals surface area contributed by atoms with Gasteiger partial charge in [0.15, 0.2) is 11.5 Å². The van der Waals surface area contributed by atoms with Crippen LogP contribution in [0.1, 0.15) is 47.8 Å². The first-order valence-electron chi connectivity index (χ1n) is 11.1. The summed E-state index contributed by atoms with van der Waals surface area (Å²) < 4.78 is 16.9. The summed E-state index contributed by atoms with van der Waals surface area (Å²) in [5.74, 6) is 0.999. The van der Waals surface area contributed by atoms with Crippen LogP contribution in [0.5, 0.6) is 17.2 Å². The van der Waals surface area contributed by atoms with E-state index in [-0.39, 0.29) is 23.8 Å². The first-order chi connectivity index (χ1) is 16.3. The molecule has 182 valence electrons. The van der Waals surface area contributed by atoms with E-state index in [4.69, 9.17) is 14.2 Å². The van der Waals surface area contributed by atoms with E-state index >= 15 is 0 Å². The fraction of sp³-hybridized carbons (Fsp3) is 0.400. The van der Waals surface area contributed by atoms with Crippen molar-refractivity contribution in [2.75, 3.05) is 34.4 Å². The van der Waals surface area contributed by atoms with Gasteiger partial charge < -0.3 is 30.2 Å². The topological polar surface area (TPSA) is 115 Å². The zero-order chi connectivity index (χ0) is 24.8. The molecule has 0 aromatic heterocycles. The first-order valence-corrected chi connectivity index (χ1v) is 11.1. The molecule has 0 spiro atoms. The molecule has 3 rings (SSSR count). The van der Waals surface area contributed by atoms with Gasteiger partial charge in [-0.25, -0.2) is 0 Å². The van der Waals surface area contributed by atoms with Crippen LogP contribution in [0.3, 0.4) is 0 Å². The Morgan fingerprint density at radius 1 is 0.912 bits per heavy atom. The normalized spacial score (nSPS) is 14.1. The van der Waals surface area contributed by atoms with Crippen LogP contribution >= 0.6 is 0 Å². The Morgan fingerprint density at radius 2 is 1.62 bits per heavy atom. The number of methoxy groups -OCH3 is 3. The third-order valence-electron chi connectivity index (χ3n) is 5.73. The van der Waals surface area contributed by atoms with Crippen LogP contribution in [0.2, 0.25) is 0 Å². The molecule has 0 radical (unpaired) electrons. The fourth-order valence-corrected chi connectivity index (χ4v) is 4.29. The minimum atomic E-state index is -0.297. The minimum Gasteiger partial charge on any atom is -0.493 e. The Morgan fingerprint density at radius 3 is 2.24 bits per heavy atom. The monoisotopic (exact) mass is 469 g/mol. The van der Waals surface area contributed by atoms with E-state index in [1.807, 2.05) is 12.1 Å². The summed E-state index contributed by atoms with van der Waals surface area (Å²) in [4.78, 5) is 35.8. The number of hydrogen-bond acceptors (Lipinski definition) is 6. The van der Waals surface area contributed by atoms with Gasteiger partial charge in [-0.15, -0.1) is 0 Å². The van der Waals surface area contributed by atoms with E-state index in [1.54, 1.807) is 33.5 Å². The minimum absolute atomic E-state index is 0.155. The van der Waals surface area contributed by atoms with Crippen molar-refractivity contribution in [3.8, 4) is 28.4 Å². The molecule has 2 aromatic rings. The van der Waals surface area contributed by atoms with Crippen LogP contribution in [-0.2, 0) is 16.0 Å². The maximum atomic E-state index is 12.8. The number of fused-ring (bicyclic) bond motifs is 3. The van der Waals surface area contributed by atoms with Crippen molar-refractivity contribution < 1.29 is 28.6 Å². The second-order valence-corrected chi connectivity index (χ2v) is 8.01. The molecule has 1 atom stereocenters. The van der Waals surface area contributed by atoms with Crippen LogP contribution in [-0.4, -0.2) is 52.1 Å². The molecule has 2 aromatic carbocycles. The van der Waals surface area contributed by atoms with Crippen LogP contribution < -0.4 is 30.2 Å². The van der Waals surface area contributed by atoms with Crippen molar-refractivity contribution in [2.45, 2.75) is 32.7 Å². The Kier molecular flexibility index (Phi) is 7.99. The van der Waals surface area contributed by atoms with Crippen molar-refractivity contribution in [1.82, 2.24) is 16.0 Å². The van der Waals surface area contributed by atoms with Gasteiger partial charge in [0.1, 0.15) is 0 Å². The number of hydrogen-bond donors (Lipinski definition) is 3. The zero-order valence-corrected chi connectivity index (χ0v) is 20.2. The van der Waals surface area contributed by atoms with Gasteiger partial charge in [-0.3, -0.25) is 14.4 Å². The van der Waals surface area contributed by atoms with Gasteiger partial charge in [0.05, 0.1) is 27.4 Å². The SMILES string of the molecule is COc1cc2c(c(OC)c1OC)-c1ccc(C(=O)NCCNC(C)=O)cc1[C@@H](NC(C)=O)CC2. The molecule has 1 aliphatic rings. The maximum Gasteiger partial charge on any atom is 0.251 e. The Hall–Kier alpha value is -3.75. The molecule has 0 saturated carbocycles. The quantitative estimate of drug-likeness (QED) is 0.512. The summed E-state index contributed by atoms with van der Waals surface area (Å²) in [5.41, 5.74) is 3.96. The number of carbonyl (C=O) groups excluding carboxylic acids is 3. The number of carbonyl (C=O) groups is 3. The predicted octanol–water partition coefficient (Wildman–Crippen LogP) is 2.37. The molecule has 9 heteroatoms. The molecule has 0 bridgehead atoms. The largest absolute Gasteiger partial charge is 0.493 e. The van der Waals surface area contributed by atoms with E-state index in [1.165, 1.54) is 13.8 Å². The molecule has 9 nitrogen and oxygen atoms in total. The van der Waals surface area contributed by atoms with Gasteiger partial charge in [0.25, 0.3) is 5.91 Å². The molecule has 0 heterocycles. The summed E-state index contributed by atoms with van der Waals surface area (Å²) >= 11 is 0. The molecule has 34 heavy (non-hydrogen) atoms. The molecule has 3 amide bonds. The Labute approximate surface area is 199 Å². The highest BCUT2D eigenvalue weighted by atomic mass is 16.5. The van der Waals surface area contributed by atoms with Gasteiger partial charge >= 0.3 is 0 Å². The highest BCUT2D eigenvalue weighted by molar-refractivity contribution is 5.96. The third-order valence-corrected chi connectivity index (χ3v) is 5.73. The second-order valence-electron chi connectivity index (χ2n) is 8.01. The lowest BCUT2D eigenvalue weighted by molar-refractivity contribution is -0.120. The van der Waals surface area contributed by atoms with Crippen LogP contribution in [0.25, 0.3) is 11.1 Å². The number of amides is 3. The van der Waals surface area contributed by atoms with Gasteiger partial charge in [-0.05, 0) is 47.7 Å². The first kappa shape index (κ1) is 24.9. The lowest BCUT2D eigenvalue weighted by Crippen LogP contribution is -2.33. The highest BCUT2D eigenvalue weighted by Gasteiger charge is 2.29. The van der Waals surface area contributed by atoms with E-state index in [0.717, 1.165) is 22.3 Å². The molecule has 3 N–H and O–H groups in total. The summed E-state index contributed by atoms with van der Waals surface area (Å²) in [5, 5.41) is 8.47. The fourth-order valence-electron chi connectivity index (χ4n) is 4.29. The number of ether oxygens (including phenoxy) is 3. The van der Waals surface area contributed by atoms with E-state index < -0.39 is 0 Å². The third kappa shape index (κ3) is 5.24. The lowest BCUT2D eigenvalue weighted by Gasteiger charge is -2.21. The Balaban J connectivity index is 2.09. The van der Waals surface area contributed by atoms with E-state index in [2.05, 4.69) is 16.0 Å². The highest BCUT2D eigenvalue weighted by Crippen LogP contribution is 2.50. The molecule has 0 saturated heterocycles. The van der Waals surface area contributed by atoms with Gasteiger partial charge in [-0.1, -0.05) is 6.07 Å². The molecule has 1 aliphatic carbocycles. The smallest absolute Gasteiger partial charge is 0.251 e. The van der Waals surface area contributed by atoms with Crippen LogP contribution in [0.4, 0.5) is 0 Å². The standard InChI is InChI=1S/C25H31N3O6/c1-14(29)26-10-11-27-25(31)17-6-8-18-19(12-17)20(28-15(2)30)9-7-16-13-21(32-3)23(33-4)24(34-5)22(16)18/h6,8,12-13,20H,7,9-11H2,1-5H3,(H,26,29)(H,27,31)(H,28,30)/t20-/m0/s1. The van der Waals surface area contributed by atoms with Crippen LogP contribution in [0, 0.1) is 0 Å². The van der Waals surface area contributed by atoms with E-state index in [9.17, 15) is 14.4 Å². The summed E-state index contributed by atoms with van der Waals surface area (Å²) in [6.45, 7) is 3.54. The van der Waals surface area contributed by atoms with E-state index in [0.29, 0.717) is 48.7 Å². The average molecular weight is 470 g/mol. The van der Waals surface area contributed by atoms with Gasteiger partial charge in [0.2, 0.25) is 17.6 Å². The zero-order valence-electron chi connectivity index (χ0n) is 20.2. The number of benzene rings is 2. The van der Waals surface area contributed by atoms with Crippen molar-refractivity contribution >= 4 is 17.7 Å². The Bertz CT molecular complexity index is 1100. The van der Waals surface area contributed by atoms with Gasteiger partial charge in [0, 0.05) is 38.1 Å². The summed E-state index contributed by atoms with van der Waals surface area (Å²) in [7, 11) is 4.70. The molecular weight excluding hydrogens is 438 g/mol. The van der Waals surface area contributed by atoms with Crippen LogP contribution in [0.15, 0.2) is 24.3 Å². The summed E-state index contributed by atoms with van der Waals surface area (Å²) in [6.07, 6.45) is 1.29. The summed E-state index contributed by atoms with van der Waals surface area (Å²) in [6, 6.07) is 7.04. The number of aryl methyl sites for hydroxylation is 1. The van der Waals surface area contributed by atoms with Crippen molar-refractivity contribution in [1.29, 1.82) is 0 Å². The molecular formula is C25H31N3O6. The second kappa shape index (κ2) is 10.9.